The van der Waals surface area contributed by atoms with Gasteiger partial charge in [0, 0.05) is 18.5 Å². The van der Waals surface area contributed by atoms with E-state index in [1.54, 1.807) is 0 Å². The Labute approximate surface area is 157 Å². The van der Waals surface area contributed by atoms with Crippen LogP contribution in [-0.2, 0) is 20.9 Å². The van der Waals surface area contributed by atoms with E-state index < -0.39 is 23.8 Å². The van der Waals surface area contributed by atoms with Gasteiger partial charge in [-0.05, 0) is 11.1 Å². The minimum absolute atomic E-state index is 0.0305. The number of likely N-dealkylation sites (tertiary alicyclic amines) is 1. The van der Waals surface area contributed by atoms with Crippen LogP contribution in [0.2, 0.25) is 0 Å². The van der Waals surface area contributed by atoms with Crippen molar-refractivity contribution in [3.8, 4) is 0 Å². The van der Waals surface area contributed by atoms with Crippen LogP contribution in [0.25, 0.3) is 0 Å². The molecule has 3 amide bonds. The molecule has 0 aliphatic carbocycles. The van der Waals surface area contributed by atoms with Crippen molar-refractivity contribution < 1.29 is 14.4 Å². The predicted octanol–water partition coefficient (Wildman–Crippen LogP) is 1.38. The number of amides is 3. The van der Waals surface area contributed by atoms with Crippen LogP contribution in [0.5, 0.6) is 0 Å². The Kier molecular flexibility index (Phi) is 4.49. The van der Waals surface area contributed by atoms with Crippen molar-refractivity contribution in [1.82, 2.24) is 10.2 Å². The van der Waals surface area contributed by atoms with Crippen LogP contribution in [0.1, 0.15) is 23.6 Å². The van der Waals surface area contributed by atoms with Crippen LogP contribution in [-0.4, -0.2) is 28.7 Å². The molecule has 138 valence electrons. The molecule has 2 heterocycles. The van der Waals surface area contributed by atoms with Gasteiger partial charge in [0.05, 0.1) is 18.4 Å². The summed E-state index contributed by atoms with van der Waals surface area (Å²) in [6, 6.07) is 18.3. The van der Waals surface area contributed by atoms with E-state index in [4.69, 9.17) is 5.73 Å². The average molecular weight is 363 g/mol. The van der Waals surface area contributed by atoms with E-state index in [0.717, 1.165) is 11.1 Å². The molecule has 6 nitrogen and oxygen atoms in total. The van der Waals surface area contributed by atoms with Gasteiger partial charge < -0.3 is 11.1 Å². The van der Waals surface area contributed by atoms with Crippen LogP contribution in [0, 0.1) is 11.8 Å². The number of benzene rings is 2. The maximum Gasteiger partial charge on any atom is 0.235 e. The van der Waals surface area contributed by atoms with Crippen molar-refractivity contribution in [3.63, 3.8) is 0 Å². The molecule has 4 atom stereocenters. The number of fused-ring (bicyclic) bond motifs is 1. The number of nitrogens with zero attached hydrogens (tertiary/aromatic N) is 1. The van der Waals surface area contributed by atoms with E-state index in [1.807, 2.05) is 60.7 Å². The van der Waals surface area contributed by atoms with Crippen molar-refractivity contribution in [2.24, 2.45) is 17.6 Å². The van der Waals surface area contributed by atoms with Gasteiger partial charge in [0.2, 0.25) is 17.7 Å². The smallest absolute Gasteiger partial charge is 0.235 e. The number of nitrogens with one attached hydrogen (secondary N) is 1. The highest BCUT2D eigenvalue weighted by atomic mass is 16.2. The highest BCUT2D eigenvalue weighted by molar-refractivity contribution is 6.06. The molecular formula is C21H21N3O3. The van der Waals surface area contributed by atoms with Gasteiger partial charge in [0.1, 0.15) is 0 Å². The standard InChI is InChI=1S/C21H21N3O3/c22-16(25)11-15-17-18(19(23-15)14-9-5-2-6-10-14)21(27)24(20(17)26)12-13-7-3-1-4-8-13/h1-10,15,17-19,23H,11-12H2,(H2,22,25)/t15-,17-,18-,19+/m1/s1. The lowest BCUT2D eigenvalue weighted by molar-refractivity contribution is -0.141. The van der Waals surface area contributed by atoms with Crippen molar-refractivity contribution in [3.05, 3.63) is 71.8 Å². The number of primary amides is 1. The normalized spacial score (nSPS) is 27.0. The minimum Gasteiger partial charge on any atom is -0.370 e. The molecule has 0 spiro atoms. The third kappa shape index (κ3) is 3.13. The molecule has 0 bridgehead atoms. The Morgan fingerprint density at radius 2 is 1.52 bits per heavy atom. The van der Waals surface area contributed by atoms with E-state index in [9.17, 15) is 14.4 Å². The maximum atomic E-state index is 13.2. The first-order valence-electron chi connectivity index (χ1n) is 9.04. The van der Waals surface area contributed by atoms with E-state index in [1.165, 1.54) is 4.90 Å². The highest BCUT2D eigenvalue weighted by Crippen LogP contribution is 2.45. The molecule has 2 aromatic rings. The lowest BCUT2D eigenvalue weighted by atomic mass is 9.86. The summed E-state index contributed by atoms with van der Waals surface area (Å²) >= 11 is 0. The molecule has 2 fully saturated rings. The molecule has 2 aliphatic heterocycles. The third-order valence-corrected chi connectivity index (χ3v) is 5.44. The summed E-state index contributed by atoms with van der Waals surface area (Å²) in [6.07, 6.45) is 0.0305. The van der Waals surface area contributed by atoms with Gasteiger partial charge in [0.25, 0.3) is 0 Å². The molecule has 0 radical (unpaired) electrons. The Morgan fingerprint density at radius 1 is 0.926 bits per heavy atom. The van der Waals surface area contributed by atoms with Crippen LogP contribution >= 0.6 is 0 Å². The molecule has 0 unspecified atom stereocenters. The minimum atomic E-state index is -0.570. The Balaban J connectivity index is 1.67. The number of rotatable bonds is 5. The van der Waals surface area contributed by atoms with Crippen LogP contribution in [0.4, 0.5) is 0 Å². The molecule has 0 aromatic heterocycles. The number of hydrogen-bond acceptors (Lipinski definition) is 4. The monoisotopic (exact) mass is 363 g/mol. The summed E-state index contributed by atoms with van der Waals surface area (Å²) < 4.78 is 0. The van der Waals surface area contributed by atoms with Crippen molar-refractivity contribution in [2.75, 3.05) is 0 Å². The van der Waals surface area contributed by atoms with Gasteiger partial charge in [-0.3, -0.25) is 19.3 Å². The second-order valence-corrected chi connectivity index (χ2v) is 7.13. The fourth-order valence-corrected chi connectivity index (χ4v) is 4.27. The number of nitrogens with two attached hydrogens (primary N) is 1. The summed E-state index contributed by atoms with van der Waals surface area (Å²) in [6.45, 7) is 0.246. The van der Waals surface area contributed by atoms with E-state index in [-0.39, 0.29) is 30.8 Å². The van der Waals surface area contributed by atoms with Gasteiger partial charge >= 0.3 is 0 Å². The Morgan fingerprint density at radius 3 is 2.15 bits per heavy atom. The van der Waals surface area contributed by atoms with Crippen molar-refractivity contribution >= 4 is 17.7 Å². The molecule has 0 saturated carbocycles. The zero-order valence-corrected chi connectivity index (χ0v) is 14.7. The van der Waals surface area contributed by atoms with Gasteiger partial charge in [-0.2, -0.15) is 0 Å². The molecule has 6 heteroatoms. The van der Waals surface area contributed by atoms with E-state index in [2.05, 4.69) is 5.32 Å². The predicted molar refractivity (Wildman–Crippen MR) is 98.9 cm³/mol. The molecule has 4 rings (SSSR count). The quantitative estimate of drug-likeness (QED) is 0.785. The fraction of sp³-hybridized carbons (Fsp3) is 0.286. The average Bonchev–Trinajstić information content (AvgIpc) is 3.15. The number of carbonyl (C=O) groups is 3. The first kappa shape index (κ1) is 17.4. The fourth-order valence-electron chi connectivity index (χ4n) is 4.27. The third-order valence-electron chi connectivity index (χ3n) is 5.44. The molecular weight excluding hydrogens is 342 g/mol. The van der Waals surface area contributed by atoms with Gasteiger partial charge in [-0.15, -0.1) is 0 Å². The summed E-state index contributed by atoms with van der Waals surface area (Å²) in [7, 11) is 0. The largest absolute Gasteiger partial charge is 0.370 e. The molecule has 3 N–H and O–H groups in total. The Bertz CT molecular complexity index is 869. The van der Waals surface area contributed by atoms with Gasteiger partial charge in [-0.25, -0.2) is 0 Å². The van der Waals surface area contributed by atoms with Gasteiger partial charge in [0.15, 0.2) is 0 Å². The van der Waals surface area contributed by atoms with Crippen molar-refractivity contribution in [2.45, 2.75) is 25.0 Å². The second-order valence-electron chi connectivity index (χ2n) is 7.13. The summed E-state index contributed by atoms with van der Waals surface area (Å²) in [5.41, 5.74) is 7.22. The van der Waals surface area contributed by atoms with Crippen LogP contribution in [0.3, 0.4) is 0 Å². The lowest BCUT2D eigenvalue weighted by Gasteiger charge is -2.22. The highest BCUT2D eigenvalue weighted by Gasteiger charge is 2.58. The SMILES string of the molecule is NC(=O)C[C@H]1N[C@@H](c2ccccc2)[C@@H]2C(=O)N(Cc3ccccc3)C(=O)[C@@H]21. The molecule has 2 aliphatic rings. The van der Waals surface area contributed by atoms with Crippen LogP contribution < -0.4 is 11.1 Å². The molecule has 2 saturated heterocycles. The van der Waals surface area contributed by atoms with Gasteiger partial charge in [-0.1, -0.05) is 60.7 Å². The summed E-state index contributed by atoms with van der Waals surface area (Å²) in [5, 5.41) is 3.32. The van der Waals surface area contributed by atoms with E-state index >= 15 is 0 Å². The van der Waals surface area contributed by atoms with E-state index in [0.29, 0.717) is 0 Å². The first-order chi connectivity index (χ1) is 13.1. The number of imide groups is 1. The topological polar surface area (TPSA) is 92.5 Å². The zero-order chi connectivity index (χ0) is 19.0. The maximum absolute atomic E-state index is 13.2. The molecule has 27 heavy (non-hydrogen) atoms. The first-order valence-corrected chi connectivity index (χ1v) is 9.04. The van der Waals surface area contributed by atoms with Crippen molar-refractivity contribution in [1.29, 1.82) is 0 Å². The second kappa shape index (κ2) is 6.96. The lowest BCUT2D eigenvalue weighted by Crippen LogP contribution is -2.40. The Hall–Kier alpha value is -2.99. The molecule has 2 aromatic carbocycles. The number of hydrogen-bond donors (Lipinski definition) is 2. The summed E-state index contributed by atoms with van der Waals surface area (Å²) in [5.74, 6) is -2.00. The van der Waals surface area contributed by atoms with Crippen LogP contribution in [0.15, 0.2) is 60.7 Å². The number of carbonyl (C=O) groups excluding carboxylic acids is 3. The summed E-state index contributed by atoms with van der Waals surface area (Å²) in [4.78, 5) is 39.1. The zero-order valence-electron chi connectivity index (χ0n) is 14.7.